The molecule has 0 aromatic carbocycles. The molecule has 0 aromatic rings. The molecule has 19 heavy (non-hydrogen) atoms. The van der Waals surface area contributed by atoms with Gasteiger partial charge in [-0.15, -0.1) is 0 Å². The highest BCUT2D eigenvalue weighted by Gasteiger charge is 2.26. The molecule has 0 aromatic heterocycles. The second-order valence-corrected chi connectivity index (χ2v) is 6.35. The van der Waals surface area contributed by atoms with E-state index in [4.69, 9.17) is 14.9 Å². The van der Waals surface area contributed by atoms with Gasteiger partial charge in [0.15, 0.2) is 0 Å². The molecule has 0 bridgehead atoms. The number of carbonyl (C=O) groups excluding carboxylic acids is 1. The van der Waals surface area contributed by atoms with Crippen molar-refractivity contribution in [2.75, 3.05) is 6.61 Å². The van der Waals surface area contributed by atoms with Gasteiger partial charge in [-0.2, -0.15) is 0 Å². The van der Waals surface area contributed by atoms with Gasteiger partial charge in [-0.3, -0.25) is 0 Å². The number of ether oxygens (including phenoxy) is 1. The first-order chi connectivity index (χ1) is 8.43. The second-order valence-electron chi connectivity index (χ2n) is 6.35. The average Bonchev–Trinajstić information content (AvgIpc) is 2.21. The van der Waals surface area contributed by atoms with Gasteiger partial charge in [0.25, 0.3) is 0 Å². The van der Waals surface area contributed by atoms with E-state index in [-0.39, 0.29) is 12.7 Å². The van der Waals surface area contributed by atoms with E-state index in [0.29, 0.717) is 6.42 Å². The fourth-order valence-corrected chi connectivity index (χ4v) is 1.42. The number of hydrogen-bond acceptors (Lipinski definition) is 5. The molecule has 0 heterocycles. The predicted molar refractivity (Wildman–Crippen MR) is 68.4 cm³/mol. The molecule has 0 saturated heterocycles. The summed E-state index contributed by atoms with van der Waals surface area (Å²) < 4.78 is 4.68. The van der Waals surface area contributed by atoms with Crippen LogP contribution in [0, 0.1) is 5.41 Å². The zero-order valence-corrected chi connectivity index (χ0v) is 12.5. The summed E-state index contributed by atoms with van der Waals surface area (Å²) in [5.41, 5.74) is -0.792. The normalized spacial score (nSPS) is 14.0. The quantitative estimate of drug-likeness (QED) is 0.346. The van der Waals surface area contributed by atoms with Crippen LogP contribution in [0.15, 0.2) is 0 Å². The Morgan fingerprint density at radius 2 is 1.68 bits per heavy atom. The lowest BCUT2D eigenvalue weighted by Crippen LogP contribution is -2.30. The summed E-state index contributed by atoms with van der Waals surface area (Å²) in [7, 11) is 0. The lowest BCUT2D eigenvalue weighted by molar-refractivity contribution is -0.373. The number of rotatable bonds is 6. The zero-order chi connectivity index (χ0) is 15.3. The Kier molecular flexibility index (Phi) is 6.45. The highest BCUT2D eigenvalue weighted by molar-refractivity contribution is 6.28. The van der Waals surface area contributed by atoms with Gasteiger partial charge in [0.2, 0.25) is 0 Å². The van der Waals surface area contributed by atoms with Crippen molar-refractivity contribution in [2.24, 2.45) is 5.41 Å². The highest BCUT2D eigenvalue weighted by atomic mass is 17.2. The number of carboxylic acid groups (broad SMARTS) is 1. The molecule has 112 valence electrons. The Bertz CT molecular complexity index is 316. The van der Waals surface area contributed by atoms with E-state index in [2.05, 4.69) is 4.74 Å². The van der Waals surface area contributed by atoms with Crippen molar-refractivity contribution in [2.45, 2.75) is 59.7 Å². The standard InChI is InChI=1S/C13H24O6/c1-9(18-19-12(2,3)4)7-13(5,6)8-17-11(16)10(14)15/h9H,7-8H2,1-6H3,(H,14,15). The van der Waals surface area contributed by atoms with E-state index in [1.807, 2.05) is 41.5 Å². The van der Waals surface area contributed by atoms with Crippen molar-refractivity contribution < 1.29 is 29.2 Å². The summed E-state index contributed by atoms with van der Waals surface area (Å²) in [5.74, 6) is -2.83. The molecule has 0 rings (SSSR count). The van der Waals surface area contributed by atoms with Gasteiger partial charge < -0.3 is 9.84 Å². The van der Waals surface area contributed by atoms with Gasteiger partial charge in [-0.1, -0.05) is 13.8 Å². The Labute approximate surface area is 114 Å². The molecule has 0 saturated carbocycles. The third kappa shape index (κ3) is 9.44. The van der Waals surface area contributed by atoms with Crippen molar-refractivity contribution in [3.05, 3.63) is 0 Å². The van der Waals surface area contributed by atoms with E-state index in [1.165, 1.54) is 0 Å². The van der Waals surface area contributed by atoms with Gasteiger partial charge in [0, 0.05) is 5.41 Å². The van der Waals surface area contributed by atoms with Gasteiger partial charge in [-0.25, -0.2) is 19.4 Å². The summed E-state index contributed by atoms with van der Waals surface area (Å²) in [6.45, 7) is 11.2. The molecule has 0 aliphatic heterocycles. The fourth-order valence-electron chi connectivity index (χ4n) is 1.42. The Balaban J connectivity index is 4.14. The van der Waals surface area contributed by atoms with Crippen molar-refractivity contribution in [3.63, 3.8) is 0 Å². The SMILES string of the molecule is CC(CC(C)(C)COC(=O)C(=O)O)OOC(C)(C)C. The van der Waals surface area contributed by atoms with Crippen molar-refractivity contribution in [3.8, 4) is 0 Å². The summed E-state index contributed by atoms with van der Waals surface area (Å²) in [6.07, 6.45) is 0.369. The largest absolute Gasteiger partial charge is 0.473 e. The first-order valence-corrected chi connectivity index (χ1v) is 6.17. The van der Waals surface area contributed by atoms with Crippen LogP contribution in [0.3, 0.4) is 0 Å². The number of esters is 1. The minimum atomic E-state index is -1.59. The van der Waals surface area contributed by atoms with E-state index >= 15 is 0 Å². The van der Waals surface area contributed by atoms with Crippen LogP contribution < -0.4 is 0 Å². The molecule has 1 unspecified atom stereocenters. The Hall–Kier alpha value is -1.14. The smallest absolute Gasteiger partial charge is 0.417 e. The van der Waals surface area contributed by atoms with E-state index in [9.17, 15) is 9.59 Å². The summed E-state index contributed by atoms with van der Waals surface area (Å²) in [6, 6.07) is 0. The lowest BCUT2D eigenvalue weighted by atomic mass is 9.88. The van der Waals surface area contributed by atoms with Crippen LogP contribution in [0.2, 0.25) is 0 Å². The van der Waals surface area contributed by atoms with Gasteiger partial charge >= 0.3 is 11.9 Å². The van der Waals surface area contributed by atoms with E-state index in [1.54, 1.807) is 0 Å². The molecule has 0 radical (unpaired) electrons. The number of carbonyl (C=O) groups is 2. The molecule has 0 spiro atoms. The molecule has 6 heteroatoms. The first kappa shape index (κ1) is 17.9. The summed E-state index contributed by atoms with van der Waals surface area (Å²) in [5, 5.41) is 8.42. The van der Waals surface area contributed by atoms with Crippen LogP contribution in [-0.2, 0) is 24.1 Å². The van der Waals surface area contributed by atoms with Crippen LogP contribution in [0.1, 0.15) is 48.0 Å². The molecule has 0 aliphatic carbocycles. The van der Waals surface area contributed by atoms with Crippen LogP contribution in [0.25, 0.3) is 0 Å². The average molecular weight is 276 g/mol. The van der Waals surface area contributed by atoms with E-state index < -0.39 is 23.0 Å². The minimum absolute atomic E-state index is 0.0152. The summed E-state index contributed by atoms with van der Waals surface area (Å²) >= 11 is 0. The van der Waals surface area contributed by atoms with Gasteiger partial charge in [-0.05, 0) is 34.1 Å². The first-order valence-electron chi connectivity index (χ1n) is 6.17. The van der Waals surface area contributed by atoms with Gasteiger partial charge in [0.1, 0.15) is 0 Å². The molecule has 0 fully saturated rings. The molecular weight excluding hydrogens is 252 g/mol. The van der Waals surface area contributed by atoms with Crippen molar-refractivity contribution in [1.29, 1.82) is 0 Å². The minimum Gasteiger partial charge on any atom is -0.473 e. The predicted octanol–water partition coefficient (Wildman–Crippen LogP) is 2.17. The Morgan fingerprint density at radius 1 is 1.16 bits per heavy atom. The fraction of sp³-hybridized carbons (Fsp3) is 0.846. The summed E-state index contributed by atoms with van der Waals surface area (Å²) in [4.78, 5) is 31.6. The topological polar surface area (TPSA) is 82.1 Å². The second kappa shape index (κ2) is 6.86. The molecule has 1 atom stereocenters. The monoisotopic (exact) mass is 276 g/mol. The maximum Gasteiger partial charge on any atom is 0.417 e. The molecule has 1 N–H and O–H groups in total. The van der Waals surface area contributed by atoms with Crippen LogP contribution in [-0.4, -0.2) is 35.4 Å². The number of aliphatic carboxylic acids is 1. The molecule has 6 nitrogen and oxygen atoms in total. The van der Waals surface area contributed by atoms with Gasteiger partial charge in [0.05, 0.1) is 18.3 Å². The third-order valence-electron chi connectivity index (χ3n) is 2.07. The van der Waals surface area contributed by atoms with Crippen LogP contribution >= 0.6 is 0 Å². The molecular formula is C13H24O6. The zero-order valence-electron chi connectivity index (χ0n) is 12.5. The Morgan fingerprint density at radius 3 is 2.11 bits per heavy atom. The number of hydrogen-bond donors (Lipinski definition) is 1. The maximum atomic E-state index is 10.9. The van der Waals surface area contributed by atoms with Crippen molar-refractivity contribution >= 4 is 11.9 Å². The molecule has 0 aliphatic rings. The lowest BCUT2D eigenvalue weighted by Gasteiger charge is -2.28. The highest BCUT2D eigenvalue weighted by Crippen LogP contribution is 2.25. The van der Waals surface area contributed by atoms with E-state index in [0.717, 1.165) is 0 Å². The maximum absolute atomic E-state index is 10.9. The van der Waals surface area contributed by atoms with Crippen LogP contribution in [0.5, 0.6) is 0 Å². The number of carboxylic acids is 1. The van der Waals surface area contributed by atoms with Crippen LogP contribution in [0.4, 0.5) is 0 Å². The van der Waals surface area contributed by atoms with Crippen molar-refractivity contribution in [1.82, 2.24) is 0 Å². The third-order valence-corrected chi connectivity index (χ3v) is 2.07. The molecule has 0 amide bonds.